The van der Waals surface area contributed by atoms with E-state index in [1.165, 1.54) is 20.1 Å². The van der Waals surface area contributed by atoms with E-state index in [0.717, 1.165) is 5.57 Å². The minimum Gasteiger partial charge on any atom is -0.458 e. The molecule has 3 saturated carbocycles. The molecule has 240 valence electrons. The summed E-state index contributed by atoms with van der Waals surface area (Å²) >= 11 is 0. The zero-order chi connectivity index (χ0) is 31.2. The first-order valence-electron chi connectivity index (χ1n) is 15.7. The molecule has 12 nitrogen and oxygen atoms in total. The van der Waals surface area contributed by atoms with Crippen LogP contribution in [0.2, 0.25) is 0 Å². The predicted octanol–water partition coefficient (Wildman–Crippen LogP) is 1.25. The average molecular weight is 617 g/mol. The van der Waals surface area contributed by atoms with Gasteiger partial charge in [0.15, 0.2) is 11.9 Å². The number of hydrogen-bond donors (Lipinski definition) is 2. The fourth-order valence-corrected chi connectivity index (χ4v) is 10.5. The van der Waals surface area contributed by atoms with Gasteiger partial charge in [0.05, 0.1) is 23.7 Å². The maximum absolute atomic E-state index is 14.8. The second-order valence-corrected chi connectivity index (χ2v) is 14.5. The molecule has 0 bridgehead atoms. The highest BCUT2D eigenvalue weighted by Crippen LogP contribution is 2.77. The number of esters is 2. The number of ketones is 1. The van der Waals surface area contributed by atoms with Crippen LogP contribution in [0.3, 0.4) is 0 Å². The molecule has 8 aliphatic rings. The van der Waals surface area contributed by atoms with Gasteiger partial charge < -0.3 is 43.4 Å². The van der Waals surface area contributed by atoms with E-state index in [9.17, 15) is 24.6 Å². The van der Waals surface area contributed by atoms with Gasteiger partial charge in [-0.15, -0.1) is 0 Å². The van der Waals surface area contributed by atoms with E-state index in [1.54, 1.807) is 6.92 Å². The number of aliphatic hydroxyl groups is 2. The number of cyclic esters (lactones) is 1. The monoisotopic (exact) mass is 616 g/mol. The summed E-state index contributed by atoms with van der Waals surface area (Å²) < 4.78 is 42.1. The van der Waals surface area contributed by atoms with E-state index in [-0.39, 0.29) is 24.9 Å². The molecular formula is C32H40O12. The Morgan fingerprint density at radius 1 is 1.14 bits per heavy atom. The van der Waals surface area contributed by atoms with Crippen LogP contribution in [0, 0.1) is 22.7 Å². The van der Waals surface area contributed by atoms with Crippen LogP contribution in [0.15, 0.2) is 23.3 Å². The van der Waals surface area contributed by atoms with Crippen molar-refractivity contribution in [3.63, 3.8) is 0 Å². The van der Waals surface area contributed by atoms with Gasteiger partial charge in [0.1, 0.15) is 30.0 Å². The van der Waals surface area contributed by atoms with Gasteiger partial charge in [-0.1, -0.05) is 18.6 Å². The zero-order valence-corrected chi connectivity index (χ0v) is 25.6. The number of methoxy groups -OCH3 is 1. The molecule has 4 aliphatic carbocycles. The lowest BCUT2D eigenvalue weighted by Gasteiger charge is -2.62. The van der Waals surface area contributed by atoms with Gasteiger partial charge in [0, 0.05) is 37.9 Å². The van der Waals surface area contributed by atoms with Gasteiger partial charge in [-0.25, -0.2) is 4.79 Å². The molecule has 44 heavy (non-hydrogen) atoms. The molecule has 0 aromatic heterocycles. The number of epoxide rings is 1. The Balaban J connectivity index is 1.22. The Kier molecular flexibility index (Phi) is 5.97. The Hall–Kier alpha value is -2.19. The Morgan fingerprint density at radius 2 is 1.91 bits per heavy atom. The highest BCUT2D eigenvalue weighted by Gasteiger charge is 2.89. The molecule has 0 aromatic carbocycles. The Morgan fingerprint density at radius 3 is 2.59 bits per heavy atom. The second kappa shape index (κ2) is 8.99. The standard InChI is InChI=1S/C32H40O12/c1-14-8-22(38-5)32(37)27(40-14)42-19-10-17-11-21-31(44-21)25(28(17,3)12-20(19)43-32)24(41-15(2)33)26(35)29(4)18(6-7-30(29,31)36)16-9-23(34)39-13-16/h9-10,14,18-22,24-25,27,36-37H,6-8,11-13H2,1-5H3/t14-,18-,19-,20-,21+,22+,24+,25-,27+,28+,29+,30-,31+,32+/m1/s1. The van der Waals surface area contributed by atoms with Crippen LogP contribution < -0.4 is 0 Å². The first-order valence-corrected chi connectivity index (χ1v) is 15.7. The molecule has 4 heterocycles. The summed E-state index contributed by atoms with van der Waals surface area (Å²) in [6, 6.07) is 0. The number of hydrogen-bond acceptors (Lipinski definition) is 12. The van der Waals surface area contributed by atoms with E-state index < -0.39 is 88.4 Å². The van der Waals surface area contributed by atoms with Gasteiger partial charge in [0.25, 0.3) is 0 Å². The van der Waals surface area contributed by atoms with Gasteiger partial charge in [0.2, 0.25) is 12.1 Å². The fourth-order valence-electron chi connectivity index (χ4n) is 10.5. The summed E-state index contributed by atoms with van der Waals surface area (Å²) in [4.78, 5) is 39.4. The molecule has 12 heteroatoms. The average Bonchev–Trinajstić information content (AvgIpc) is 3.40. The number of ether oxygens (including phenoxy) is 7. The molecule has 3 saturated heterocycles. The minimum atomic E-state index is -1.85. The number of fused-ring (bicyclic) bond motifs is 5. The van der Waals surface area contributed by atoms with Gasteiger partial charge in [-0.2, -0.15) is 0 Å². The summed E-state index contributed by atoms with van der Waals surface area (Å²) in [6.45, 7) is 6.94. The topological polar surface area (TPSA) is 160 Å². The van der Waals surface area contributed by atoms with Crippen LogP contribution in [0.25, 0.3) is 0 Å². The highest BCUT2D eigenvalue weighted by atomic mass is 16.8. The molecule has 1 spiro atoms. The van der Waals surface area contributed by atoms with Crippen molar-refractivity contribution in [3.05, 3.63) is 23.3 Å². The van der Waals surface area contributed by atoms with E-state index >= 15 is 0 Å². The number of rotatable bonds is 3. The van der Waals surface area contributed by atoms with Gasteiger partial charge in [-0.05, 0) is 51.0 Å². The van der Waals surface area contributed by atoms with Gasteiger partial charge >= 0.3 is 11.9 Å². The molecule has 2 N–H and O–H groups in total. The quantitative estimate of drug-likeness (QED) is 0.266. The van der Waals surface area contributed by atoms with Crippen molar-refractivity contribution in [3.8, 4) is 0 Å². The lowest BCUT2D eigenvalue weighted by Crippen LogP contribution is -2.76. The molecule has 0 amide bonds. The largest absolute Gasteiger partial charge is 0.458 e. The fraction of sp³-hybridized carbons (Fsp3) is 0.781. The summed E-state index contributed by atoms with van der Waals surface area (Å²) in [5.41, 5.74) is -3.36. The molecule has 14 atom stereocenters. The number of carbonyl (C=O) groups is 3. The lowest BCUT2D eigenvalue weighted by atomic mass is 9.43. The first kappa shape index (κ1) is 29.2. The van der Waals surface area contributed by atoms with Crippen molar-refractivity contribution in [1.82, 2.24) is 0 Å². The highest BCUT2D eigenvalue weighted by molar-refractivity contribution is 5.96. The number of Topliss-reactive ketones (excluding diaryl/α,β-unsaturated/α-hetero) is 1. The predicted molar refractivity (Wildman–Crippen MR) is 146 cm³/mol. The SMILES string of the molecule is CO[C@H]1C[C@@H](C)O[C@H]2O[C@@H]3C=C4C[C@@H]5O[C@]56[C@H]([C@H](OC(C)=O)C(=O)[C@]5(C)[C@@H](C7=CC(=O)OC7)CC[C@]65O)[C@@]4(C)C[C@H]3O[C@]21O. The van der Waals surface area contributed by atoms with Crippen LogP contribution in [-0.4, -0.2) is 102 Å². The summed E-state index contributed by atoms with van der Waals surface area (Å²) in [5.74, 6) is -4.54. The van der Waals surface area contributed by atoms with Crippen molar-refractivity contribution < 1.29 is 57.8 Å². The lowest BCUT2D eigenvalue weighted by molar-refractivity contribution is -0.450. The van der Waals surface area contributed by atoms with Crippen LogP contribution in [0.5, 0.6) is 0 Å². The summed E-state index contributed by atoms with van der Waals surface area (Å²) in [7, 11) is 1.51. The van der Waals surface area contributed by atoms with Crippen molar-refractivity contribution in [2.75, 3.05) is 13.7 Å². The van der Waals surface area contributed by atoms with Crippen molar-refractivity contribution in [2.24, 2.45) is 22.7 Å². The van der Waals surface area contributed by atoms with Crippen molar-refractivity contribution >= 4 is 17.7 Å². The van der Waals surface area contributed by atoms with E-state index in [1.807, 2.05) is 19.9 Å². The van der Waals surface area contributed by atoms with Crippen LogP contribution in [0.1, 0.15) is 59.8 Å². The van der Waals surface area contributed by atoms with Crippen LogP contribution in [0.4, 0.5) is 0 Å². The van der Waals surface area contributed by atoms with E-state index in [0.29, 0.717) is 31.3 Å². The first-order chi connectivity index (χ1) is 20.7. The molecule has 0 radical (unpaired) electrons. The zero-order valence-electron chi connectivity index (χ0n) is 25.6. The number of carbonyl (C=O) groups excluding carboxylic acids is 3. The van der Waals surface area contributed by atoms with E-state index in [4.69, 9.17) is 33.2 Å². The molecule has 6 fully saturated rings. The minimum absolute atomic E-state index is 0.0568. The summed E-state index contributed by atoms with van der Waals surface area (Å²) in [5, 5.41) is 24.5. The van der Waals surface area contributed by atoms with E-state index in [2.05, 4.69) is 0 Å². The molecule has 4 aliphatic heterocycles. The third kappa shape index (κ3) is 3.35. The molecule has 0 unspecified atom stereocenters. The normalized spacial score (nSPS) is 55.2. The third-order valence-electron chi connectivity index (χ3n) is 12.5. The second-order valence-electron chi connectivity index (χ2n) is 14.5. The molecular weight excluding hydrogens is 576 g/mol. The maximum atomic E-state index is 14.8. The van der Waals surface area contributed by atoms with Crippen molar-refractivity contribution in [2.45, 2.75) is 120 Å². The van der Waals surface area contributed by atoms with Crippen LogP contribution >= 0.6 is 0 Å². The smallest absolute Gasteiger partial charge is 0.331 e. The summed E-state index contributed by atoms with van der Waals surface area (Å²) in [6.07, 6.45) is 0.529. The van der Waals surface area contributed by atoms with Crippen molar-refractivity contribution in [1.29, 1.82) is 0 Å². The molecule has 8 rings (SSSR count). The Bertz CT molecular complexity index is 1410. The molecule has 0 aromatic rings. The maximum Gasteiger partial charge on any atom is 0.331 e. The van der Waals surface area contributed by atoms with Crippen LogP contribution in [-0.2, 0) is 47.5 Å². The van der Waals surface area contributed by atoms with Gasteiger partial charge in [-0.3, -0.25) is 9.59 Å². The third-order valence-corrected chi connectivity index (χ3v) is 12.5. The Labute approximate surface area is 254 Å².